The predicted molar refractivity (Wildman–Crippen MR) is 123 cm³/mol. The summed E-state index contributed by atoms with van der Waals surface area (Å²) < 4.78 is 10.5. The molecule has 0 aliphatic carbocycles. The normalized spacial score (nSPS) is 10.5. The molecule has 0 fully saturated rings. The van der Waals surface area contributed by atoms with E-state index in [2.05, 4.69) is 10.6 Å². The lowest BCUT2D eigenvalue weighted by atomic mass is 10.1. The van der Waals surface area contributed by atoms with Gasteiger partial charge in [0.2, 0.25) is 11.8 Å². The molecule has 0 heterocycles. The van der Waals surface area contributed by atoms with Gasteiger partial charge in [-0.15, -0.1) is 0 Å². The van der Waals surface area contributed by atoms with Gasteiger partial charge in [-0.1, -0.05) is 25.5 Å². The third-order valence-electron chi connectivity index (χ3n) is 4.40. The standard InChI is InChI=1S/C23H25N3O7/c1-4-5-12-33-21-14-19(24-15(2)27)18(13-17(21)23(29)32-3)25-22(28)11-10-16-8-6-7-9-20(16)26(30)31/h6-11,13-14H,4-5,12H2,1-3H3,(H,24,27)(H,25,28). The summed E-state index contributed by atoms with van der Waals surface area (Å²) in [4.78, 5) is 47.1. The topological polar surface area (TPSA) is 137 Å². The van der Waals surface area contributed by atoms with E-state index in [1.807, 2.05) is 6.92 Å². The Morgan fingerprint density at radius 1 is 1.12 bits per heavy atom. The van der Waals surface area contributed by atoms with Gasteiger partial charge < -0.3 is 20.1 Å². The Labute approximate surface area is 190 Å². The summed E-state index contributed by atoms with van der Waals surface area (Å²) in [6.45, 7) is 3.64. The van der Waals surface area contributed by atoms with Crippen molar-refractivity contribution in [1.29, 1.82) is 0 Å². The minimum absolute atomic E-state index is 0.0701. The molecule has 33 heavy (non-hydrogen) atoms. The van der Waals surface area contributed by atoms with Crippen LogP contribution in [0.25, 0.3) is 6.08 Å². The Balaban J connectivity index is 2.38. The van der Waals surface area contributed by atoms with E-state index in [4.69, 9.17) is 9.47 Å². The van der Waals surface area contributed by atoms with Crippen molar-refractivity contribution in [2.75, 3.05) is 24.4 Å². The maximum Gasteiger partial charge on any atom is 0.341 e. The summed E-state index contributed by atoms with van der Waals surface area (Å²) in [5, 5.41) is 16.3. The number of nitro benzene ring substituents is 1. The van der Waals surface area contributed by atoms with Crippen LogP contribution in [0.1, 0.15) is 42.6 Å². The Bertz CT molecular complexity index is 1080. The average Bonchev–Trinajstić information content (AvgIpc) is 2.78. The molecule has 2 rings (SSSR count). The quantitative estimate of drug-likeness (QED) is 0.180. The summed E-state index contributed by atoms with van der Waals surface area (Å²) >= 11 is 0. The van der Waals surface area contributed by atoms with Gasteiger partial charge in [-0.25, -0.2) is 4.79 Å². The molecule has 0 aliphatic rings. The van der Waals surface area contributed by atoms with Crippen molar-refractivity contribution >= 4 is 40.9 Å². The summed E-state index contributed by atoms with van der Waals surface area (Å²) in [6.07, 6.45) is 4.05. The maximum absolute atomic E-state index is 12.5. The molecule has 0 aliphatic heterocycles. The second kappa shape index (κ2) is 12.0. The van der Waals surface area contributed by atoms with Gasteiger partial charge in [-0.2, -0.15) is 0 Å². The number of amides is 2. The molecule has 2 aromatic rings. The van der Waals surface area contributed by atoms with Gasteiger partial charge in [0.05, 0.1) is 35.6 Å². The molecule has 2 amide bonds. The number of unbranched alkanes of at least 4 members (excludes halogenated alkanes) is 1. The van der Waals surface area contributed by atoms with Gasteiger partial charge in [0.15, 0.2) is 0 Å². The predicted octanol–water partition coefficient (Wildman–Crippen LogP) is 4.17. The van der Waals surface area contributed by atoms with E-state index in [9.17, 15) is 24.5 Å². The van der Waals surface area contributed by atoms with Crippen LogP contribution in [0.3, 0.4) is 0 Å². The molecule has 0 saturated carbocycles. The van der Waals surface area contributed by atoms with Crippen LogP contribution >= 0.6 is 0 Å². The third-order valence-corrected chi connectivity index (χ3v) is 4.40. The summed E-state index contributed by atoms with van der Waals surface area (Å²) in [5.41, 5.74) is 0.511. The highest BCUT2D eigenvalue weighted by molar-refractivity contribution is 6.07. The van der Waals surface area contributed by atoms with E-state index < -0.39 is 22.7 Å². The van der Waals surface area contributed by atoms with Crippen molar-refractivity contribution in [3.63, 3.8) is 0 Å². The van der Waals surface area contributed by atoms with Crippen molar-refractivity contribution in [2.45, 2.75) is 26.7 Å². The second-order valence-corrected chi connectivity index (χ2v) is 6.91. The van der Waals surface area contributed by atoms with Crippen LogP contribution in [-0.2, 0) is 14.3 Å². The van der Waals surface area contributed by atoms with Crippen molar-refractivity contribution in [3.05, 3.63) is 63.7 Å². The summed E-state index contributed by atoms with van der Waals surface area (Å²) in [5.74, 6) is -1.50. The van der Waals surface area contributed by atoms with E-state index >= 15 is 0 Å². The maximum atomic E-state index is 12.5. The van der Waals surface area contributed by atoms with E-state index in [-0.39, 0.29) is 33.9 Å². The van der Waals surface area contributed by atoms with Gasteiger partial charge in [-0.3, -0.25) is 19.7 Å². The fourth-order valence-electron chi connectivity index (χ4n) is 2.83. The summed E-state index contributed by atoms with van der Waals surface area (Å²) in [7, 11) is 1.22. The van der Waals surface area contributed by atoms with Crippen LogP contribution in [-0.4, -0.2) is 36.4 Å². The highest BCUT2D eigenvalue weighted by atomic mass is 16.6. The van der Waals surface area contributed by atoms with E-state index in [0.717, 1.165) is 18.9 Å². The van der Waals surface area contributed by atoms with Crippen LogP contribution in [0.4, 0.5) is 17.1 Å². The fraction of sp³-hybridized carbons (Fsp3) is 0.261. The Morgan fingerprint density at radius 2 is 1.82 bits per heavy atom. The number of methoxy groups -OCH3 is 1. The number of anilines is 2. The molecule has 0 aromatic heterocycles. The highest BCUT2D eigenvalue weighted by Crippen LogP contribution is 2.32. The van der Waals surface area contributed by atoms with Gasteiger partial charge in [0, 0.05) is 25.1 Å². The summed E-state index contributed by atoms with van der Waals surface area (Å²) in [6, 6.07) is 8.74. The molecule has 0 atom stereocenters. The molecule has 2 aromatic carbocycles. The number of carbonyl (C=O) groups excluding carboxylic acids is 3. The number of esters is 1. The Hall–Kier alpha value is -4.21. The number of hydrogen-bond donors (Lipinski definition) is 2. The Kier molecular flexibility index (Phi) is 9.10. The first-order valence-corrected chi connectivity index (χ1v) is 10.2. The number of nitrogens with one attached hydrogen (secondary N) is 2. The molecule has 0 unspecified atom stereocenters. The van der Waals surface area contributed by atoms with Crippen LogP contribution in [0.15, 0.2) is 42.5 Å². The first-order valence-electron chi connectivity index (χ1n) is 10.2. The zero-order valence-corrected chi connectivity index (χ0v) is 18.5. The molecule has 0 spiro atoms. The van der Waals surface area contributed by atoms with E-state index in [1.165, 1.54) is 50.4 Å². The smallest absolute Gasteiger partial charge is 0.341 e. The molecule has 10 nitrogen and oxygen atoms in total. The van der Waals surface area contributed by atoms with Crippen LogP contribution in [0.2, 0.25) is 0 Å². The molecule has 0 saturated heterocycles. The van der Waals surface area contributed by atoms with Crippen molar-refractivity contribution < 1.29 is 28.8 Å². The molecule has 0 bridgehead atoms. The number of nitrogens with zero attached hydrogens (tertiary/aromatic N) is 1. The first-order chi connectivity index (χ1) is 15.8. The fourth-order valence-corrected chi connectivity index (χ4v) is 2.83. The minimum atomic E-state index is -0.679. The number of hydrogen-bond acceptors (Lipinski definition) is 7. The van der Waals surface area contributed by atoms with E-state index in [1.54, 1.807) is 6.07 Å². The third kappa shape index (κ3) is 7.17. The SMILES string of the molecule is CCCCOc1cc(NC(C)=O)c(NC(=O)C=Cc2ccccc2[N+](=O)[O-])cc1C(=O)OC. The van der Waals surface area contributed by atoms with Crippen molar-refractivity contribution in [2.24, 2.45) is 0 Å². The zero-order chi connectivity index (χ0) is 24.4. The first kappa shape index (κ1) is 25.1. The molecular weight excluding hydrogens is 430 g/mol. The van der Waals surface area contributed by atoms with Crippen LogP contribution in [0, 0.1) is 10.1 Å². The monoisotopic (exact) mass is 455 g/mol. The second-order valence-electron chi connectivity index (χ2n) is 6.91. The molecule has 10 heteroatoms. The van der Waals surface area contributed by atoms with Gasteiger partial charge in [-0.05, 0) is 24.6 Å². The van der Waals surface area contributed by atoms with Crippen LogP contribution < -0.4 is 15.4 Å². The number of ether oxygens (including phenoxy) is 2. The molecule has 0 radical (unpaired) electrons. The van der Waals surface area contributed by atoms with Gasteiger partial charge in [0.25, 0.3) is 5.69 Å². The number of carbonyl (C=O) groups is 3. The highest BCUT2D eigenvalue weighted by Gasteiger charge is 2.19. The zero-order valence-electron chi connectivity index (χ0n) is 18.5. The lowest BCUT2D eigenvalue weighted by Gasteiger charge is -2.16. The van der Waals surface area contributed by atoms with Crippen molar-refractivity contribution in [1.82, 2.24) is 0 Å². The average molecular weight is 455 g/mol. The largest absolute Gasteiger partial charge is 0.493 e. The lowest BCUT2D eigenvalue weighted by Crippen LogP contribution is -2.15. The molecule has 174 valence electrons. The molecular formula is C23H25N3O7. The number of para-hydroxylation sites is 1. The number of nitro groups is 1. The minimum Gasteiger partial charge on any atom is -0.493 e. The lowest BCUT2D eigenvalue weighted by molar-refractivity contribution is -0.385. The van der Waals surface area contributed by atoms with Crippen LogP contribution in [0.5, 0.6) is 5.75 Å². The number of benzene rings is 2. The van der Waals surface area contributed by atoms with Gasteiger partial charge in [0.1, 0.15) is 11.3 Å². The van der Waals surface area contributed by atoms with E-state index in [0.29, 0.717) is 6.61 Å². The number of rotatable bonds is 10. The molecule has 2 N–H and O–H groups in total. The van der Waals surface area contributed by atoms with Crippen molar-refractivity contribution in [3.8, 4) is 5.75 Å². The Morgan fingerprint density at radius 3 is 2.45 bits per heavy atom. The van der Waals surface area contributed by atoms with Gasteiger partial charge >= 0.3 is 5.97 Å².